The zero-order valence-corrected chi connectivity index (χ0v) is 35.1. The molecule has 5 rings (SSSR count). The van der Waals surface area contributed by atoms with Crippen molar-refractivity contribution in [3.05, 3.63) is 91.3 Å². The molecule has 56 heavy (non-hydrogen) atoms. The Kier molecular flexibility index (Phi) is 15.3. The SMILES string of the molecule is CC(=N)N1c2sc(C)c(C)c2C(c2ccc(Cl)cc2)=N[C@@H](CC(=O)NCCNCCCCCCCC(=O)Nc2ccccc2C(=O)Nc2nc(C)c(C)s2)C1N. The third-order valence-electron chi connectivity index (χ3n) is 9.76. The van der Waals surface area contributed by atoms with Crippen LogP contribution in [-0.2, 0) is 9.59 Å². The second-order valence-electron chi connectivity index (χ2n) is 14.0. The predicted octanol–water partition coefficient (Wildman–Crippen LogP) is 7.73. The third kappa shape index (κ3) is 11.1. The minimum absolute atomic E-state index is 0.0850. The number of halogens is 1. The number of rotatable bonds is 17. The molecule has 2 aromatic heterocycles. The number of nitrogens with one attached hydrogen (secondary N) is 5. The Balaban J connectivity index is 0.996. The fourth-order valence-corrected chi connectivity index (χ4v) is 8.67. The lowest BCUT2D eigenvalue weighted by molar-refractivity contribution is -0.121. The molecule has 7 N–H and O–H groups in total. The van der Waals surface area contributed by atoms with Gasteiger partial charge in [0.1, 0.15) is 11.2 Å². The number of anilines is 3. The van der Waals surface area contributed by atoms with Crippen molar-refractivity contribution in [3.8, 4) is 0 Å². The van der Waals surface area contributed by atoms with Crippen molar-refractivity contribution in [2.24, 2.45) is 10.7 Å². The number of amides is 3. The van der Waals surface area contributed by atoms with E-state index < -0.39 is 12.2 Å². The number of fused-ring (bicyclic) bond motifs is 1. The van der Waals surface area contributed by atoms with Crippen LogP contribution in [0.2, 0.25) is 5.02 Å². The number of hydrogen-bond acceptors (Lipinski definition) is 10. The molecular weight excluding hydrogens is 766 g/mol. The quantitative estimate of drug-likeness (QED) is 0.0359. The van der Waals surface area contributed by atoms with Gasteiger partial charge < -0.3 is 26.6 Å². The number of nitrogens with zero attached hydrogens (tertiary/aromatic N) is 3. The Labute approximate surface area is 342 Å². The molecule has 0 bridgehead atoms. The lowest BCUT2D eigenvalue weighted by Gasteiger charge is -2.31. The van der Waals surface area contributed by atoms with E-state index in [9.17, 15) is 14.4 Å². The van der Waals surface area contributed by atoms with Crippen LogP contribution in [0.25, 0.3) is 0 Å². The molecular formula is C41H52ClN9O3S2. The summed E-state index contributed by atoms with van der Waals surface area (Å²) >= 11 is 9.21. The van der Waals surface area contributed by atoms with E-state index in [1.807, 2.05) is 38.1 Å². The van der Waals surface area contributed by atoms with Crippen LogP contribution in [0.15, 0.2) is 53.5 Å². The summed E-state index contributed by atoms with van der Waals surface area (Å²) in [7, 11) is 0. The van der Waals surface area contributed by atoms with Crippen LogP contribution >= 0.6 is 34.3 Å². The topological polar surface area (TPSA) is 178 Å². The van der Waals surface area contributed by atoms with Crippen molar-refractivity contribution < 1.29 is 14.4 Å². The van der Waals surface area contributed by atoms with Crippen molar-refractivity contribution in [2.75, 3.05) is 35.2 Å². The summed E-state index contributed by atoms with van der Waals surface area (Å²) in [5.41, 5.74) is 12.2. The first-order valence-electron chi connectivity index (χ1n) is 19.0. The molecule has 3 heterocycles. The largest absolute Gasteiger partial charge is 0.355 e. The van der Waals surface area contributed by atoms with Crippen LogP contribution in [0, 0.1) is 33.1 Å². The molecule has 15 heteroatoms. The Hall–Kier alpha value is -4.47. The van der Waals surface area contributed by atoms with Gasteiger partial charge in [0.25, 0.3) is 5.91 Å². The number of carbonyl (C=O) groups excluding carboxylic acids is 3. The monoisotopic (exact) mass is 817 g/mol. The highest BCUT2D eigenvalue weighted by Gasteiger charge is 2.36. The van der Waals surface area contributed by atoms with Gasteiger partial charge >= 0.3 is 0 Å². The molecule has 2 atom stereocenters. The number of nitrogens with two attached hydrogens (primary N) is 1. The summed E-state index contributed by atoms with van der Waals surface area (Å²) < 4.78 is 0. The van der Waals surface area contributed by atoms with E-state index in [0.717, 1.165) is 81.5 Å². The number of benzene rings is 2. The van der Waals surface area contributed by atoms with Gasteiger partial charge in [-0.05, 0) is 83.8 Å². The third-order valence-corrected chi connectivity index (χ3v) is 12.2. The van der Waals surface area contributed by atoms with Crippen LogP contribution in [0.5, 0.6) is 0 Å². The number of aliphatic imine (C=N–C) groups is 1. The predicted molar refractivity (Wildman–Crippen MR) is 231 cm³/mol. The summed E-state index contributed by atoms with van der Waals surface area (Å²) in [5, 5.41) is 22.8. The lowest BCUT2D eigenvalue weighted by atomic mass is 9.99. The molecule has 298 valence electrons. The van der Waals surface area contributed by atoms with E-state index in [2.05, 4.69) is 40.1 Å². The number of thiophene rings is 1. The van der Waals surface area contributed by atoms with E-state index in [4.69, 9.17) is 27.7 Å². The highest BCUT2D eigenvalue weighted by Crippen LogP contribution is 2.40. The Morgan fingerprint density at radius 3 is 2.30 bits per heavy atom. The van der Waals surface area contributed by atoms with Crippen LogP contribution in [0.4, 0.5) is 15.8 Å². The lowest BCUT2D eigenvalue weighted by Crippen LogP contribution is -2.52. The van der Waals surface area contributed by atoms with E-state index in [1.165, 1.54) is 11.3 Å². The summed E-state index contributed by atoms with van der Waals surface area (Å²) in [6.45, 7) is 11.6. The maximum atomic E-state index is 13.2. The molecule has 0 fully saturated rings. The van der Waals surface area contributed by atoms with E-state index in [-0.39, 0.29) is 24.1 Å². The molecule has 1 aliphatic heterocycles. The number of hydrogen-bond donors (Lipinski definition) is 6. The number of unbranched alkanes of at least 4 members (excludes halogenated alkanes) is 4. The molecule has 0 saturated carbocycles. The maximum Gasteiger partial charge on any atom is 0.259 e. The van der Waals surface area contributed by atoms with E-state index in [0.29, 0.717) is 46.8 Å². The molecule has 2 aromatic carbocycles. The summed E-state index contributed by atoms with van der Waals surface area (Å²) in [6.07, 6.45) is 4.50. The van der Waals surface area contributed by atoms with Crippen molar-refractivity contribution in [3.63, 3.8) is 0 Å². The fourth-order valence-electron chi connectivity index (χ4n) is 6.48. The molecule has 12 nitrogen and oxygen atoms in total. The maximum absolute atomic E-state index is 13.2. The first-order chi connectivity index (χ1) is 26.8. The normalized spacial score (nSPS) is 15.1. The molecule has 0 radical (unpaired) electrons. The minimum atomic E-state index is -0.690. The molecule has 0 aliphatic carbocycles. The van der Waals surface area contributed by atoms with Crippen LogP contribution in [0.3, 0.4) is 0 Å². The van der Waals surface area contributed by atoms with E-state index in [1.54, 1.807) is 47.4 Å². The summed E-state index contributed by atoms with van der Waals surface area (Å²) in [5.74, 6) is -0.277. The van der Waals surface area contributed by atoms with Crippen LogP contribution in [-0.4, -0.2) is 66.1 Å². The molecule has 3 amide bonds. The Bertz CT molecular complexity index is 2040. The summed E-state index contributed by atoms with van der Waals surface area (Å²) in [6, 6.07) is 13.9. The molecule has 0 spiro atoms. The van der Waals surface area contributed by atoms with E-state index >= 15 is 0 Å². The van der Waals surface area contributed by atoms with Gasteiger partial charge in [-0.3, -0.25) is 30.1 Å². The van der Waals surface area contributed by atoms with Gasteiger partial charge in [-0.1, -0.05) is 55.1 Å². The van der Waals surface area contributed by atoms with Crippen molar-refractivity contribution >= 4 is 79.4 Å². The molecule has 1 unspecified atom stereocenters. The zero-order chi connectivity index (χ0) is 40.4. The van der Waals surface area contributed by atoms with Gasteiger partial charge in [-0.2, -0.15) is 0 Å². The van der Waals surface area contributed by atoms with Gasteiger partial charge in [0.05, 0.1) is 41.0 Å². The smallest absolute Gasteiger partial charge is 0.259 e. The second-order valence-corrected chi connectivity index (χ2v) is 16.8. The Morgan fingerprint density at radius 2 is 1.59 bits per heavy atom. The van der Waals surface area contributed by atoms with Gasteiger partial charge in [0, 0.05) is 45.4 Å². The van der Waals surface area contributed by atoms with Gasteiger partial charge in [-0.15, -0.1) is 22.7 Å². The first-order valence-corrected chi connectivity index (χ1v) is 21.0. The van der Waals surface area contributed by atoms with Crippen molar-refractivity contribution in [1.82, 2.24) is 15.6 Å². The number of thiazole rings is 1. The standard InChI is InChI=1S/C41H52ClN9O3S2/c1-24-26(3)55-40-36(24)37(29-16-18-30(42)19-17-29)49-33(38(44)51(40)28(5)43)23-35(53)46-22-21-45-20-12-8-6-7-9-15-34(52)48-32-14-11-10-13-31(32)39(54)50-41-47-25(2)27(4)56-41/h10-11,13-14,16-19,33,38,43,45H,6-9,12,15,20-23,44H2,1-5H3,(H,46,53)(H,48,52)(H,47,50,54)/t33-,38?/m0/s1. The highest BCUT2D eigenvalue weighted by molar-refractivity contribution is 7.17. The van der Waals surface area contributed by atoms with Crippen molar-refractivity contribution in [1.29, 1.82) is 5.41 Å². The molecule has 0 saturated heterocycles. The highest BCUT2D eigenvalue weighted by atomic mass is 35.5. The second kappa shape index (κ2) is 20.1. The molecule has 1 aliphatic rings. The van der Waals surface area contributed by atoms with Gasteiger partial charge in [0.15, 0.2) is 5.13 Å². The minimum Gasteiger partial charge on any atom is -0.355 e. The first kappa shape index (κ1) is 42.7. The van der Waals surface area contributed by atoms with Crippen molar-refractivity contribution in [2.45, 2.75) is 91.8 Å². The van der Waals surface area contributed by atoms with Gasteiger partial charge in [-0.25, -0.2) is 4.98 Å². The number of amidine groups is 1. The van der Waals surface area contributed by atoms with Crippen LogP contribution < -0.4 is 31.9 Å². The number of aryl methyl sites for hydroxylation is 3. The van der Waals surface area contributed by atoms with Crippen LogP contribution in [0.1, 0.15) is 94.4 Å². The number of carbonyl (C=O) groups is 3. The number of aromatic nitrogens is 1. The number of para-hydroxylation sites is 1. The average molecular weight is 819 g/mol. The fraction of sp³-hybridized carbons (Fsp3) is 0.415. The Morgan fingerprint density at radius 1 is 0.875 bits per heavy atom. The zero-order valence-electron chi connectivity index (χ0n) is 32.7. The average Bonchev–Trinajstić information content (AvgIpc) is 3.59. The molecule has 4 aromatic rings. The summed E-state index contributed by atoms with van der Waals surface area (Å²) in [4.78, 5) is 52.2. The van der Waals surface area contributed by atoms with Gasteiger partial charge in [0.2, 0.25) is 11.8 Å².